The number of carbonyl (C=O) groups excluding carboxylic acids is 1. The van der Waals surface area contributed by atoms with Crippen LogP contribution in [0, 0.1) is 10.1 Å². The third-order valence-electron chi connectivity index (χ3n) is 4.52. The van der Waals surface area contributed by atoms with Crippen LogP contribution in [0.1, 0.15) is 21.6 Å². The number of para-hydroxylation sites is 1. The summed E-state index contributed by atoms with van der Waals surface area (Å²) >= 11 is 6.28. The van der Waals surface area contributed by atoms with Crippen molar-refractivity contribution in [3.05, 3.63) is 92.8 Å². The van der Waals surface area contributed by atoms with Crippen LogP contribution in [0.5, 0.6) is 0 Å². The highest BCUT2D eigenvalue weighted by Gasteiger charge is 2.26. The summed E-state index contributed by atoms with van der Waals surface area (Å²) in [6.07, 6.45) is 0. The molecule has 0 spiro atoms. The first-order valence-electron chi connectivity index (χ1n) is 8.03. The van der Waals surface area contributed by atoms with Crippen molar-refractivity contribution in [1.29, 1.82) is 0 Å². The monoisotopic (exact) mass is 367 g/mol. The Morgan fingerprint density at radius 3 is 2.46 bits per heavy atom. The second kappa shape index (κ2) is 6.31. The van der Waals surface area contributed by atoms with E-state index in [-0.39, 0.29) is 11.6 Å². The fraction of sp³-hybridized carbons (Fsp3) is 0.105. The second-order valence-corrected chi connectivity index (χ2v) is 6.44. The molecule has 1 aliphatic heterocycles. The van der Waals surface area contributed by atoms with Crippen molar-refractivity contribution < 1.29 is 9.72 Å². The molecule has 0 fully saturated rings. The number of carbonyl (C=O) groups is 1. The number of rotatable bonds is 2. The van der Waals surface area contributed by atoms with Gasteiger partial charge >= 0.3 is 0 Å². The summed E-state index contributed by atoms with van der Waals surface area (Å²) in [5.41, 5.74) is 3.09. The van der Waals surface area contributed by atoms with Gasteiger partial charge in [-0.1, -0.05) is 29.8 Å². The third-order valence-corrected chi connectivity index (χ3v) is 4.85. The zero-order chi connectivity index (χ0) is 18.3. The molecule has 130 valence electrons. The maximum Gasteiger partial charge on any atom is 0.269 e. The van der Waals surface area contributed by atoms with E-state index >= 15 is 0 Å². The SMILES string of the molecule is O=C(c1ccc([N+](=O)[O-])cc1)N1Cc2ccc(Cl)n2Cc2ccccc21. The number of fused-ring (bicyclic) bond motifs is 2. The van der Waals surface area contributed by atoms with Crippen molar-refractivity contribution in [1.82, 2.24) is 4.57 Å². The van der Waals surface area contributed by atoms with E-state index in [1.807, 2.05) is 41.0 Å². The molecule has 3 aromatic rings. The zero-order valence-corrected chi connectivity index (χ0v) is 14.4. The van der Waals surface area contributed by atoms with Gasteiger partial charge in [-0.3, -0.25) is 14.9 Å². The molecular formula is C19H14ClN3O3. The fourth-order valence-corrected chi connectivity index (χ4v) is 3.42. The number of hydrogen-bond acceptors (Lipinski definition) is 3. The third kappa shape index (κ3) is 2.74. The summed E-state index contributed by atoms with van der Waals surface area (Å²) in [5, 5.41) is 11.5. The minimum Gasteiger partial charge on any atom is -0.330 e. The average molecular weight is 368 g/mol. The van der Waals surface area contributed by atoms with E-state index in [4.69, 9.17) is 11.6 Å². The van der Waals surface area contributed by atoms with Crippen molar-refractivity contribution in [2.75, 3.05) is 4.90 Å². The standard InChI is InChI=1S/C19H14ClN3O3/c20-18-10-9-16-12-22(17-4-2-1-3-14(17)11-21(16)18)19(24)13-5-7-15(8-6-13)23(25)26/h1-10H,11-12H2. The van der Waals surface area contributed by atoms with Gasteiger partial charge in [-0.05, 0) is 35.9 Å². The van der Waals surface area contributed by atoms with Crippen molar-refractivity contribution in [2.24, 2.45) is 0 Å². The summed E-state index contributed by atoms with van der Waals surface area (Å²) in [4.78, 5) is 25.2. The maximum absolute atomic E-state index is 13.1. The molecule has 2 heterocycles. The summed E-state index contributed by atoms with van der Waals surface area (Å²) in [6, 6.07) is 17.1. The normalized spacial score (nSPS) is 12.9. The molecule has 0 saturated heterocycles. The van der Waals surface area contributed by atoms with Crippen molar-refractivity contribution in [3.8, 4) is 0 Å². The molecule has 0 N–H and O–H groups in total. The summed E-state index contributed by atoms with van der Waals surface area (Å²) in [5.74, 6) is -0.210. The number of non-ortho nitro benzene ring substituents is 1. The Morgan fingerprint density at radius 2 is 1.73 bits per heavy atom. The van der Waals surface area contributed by atoms with Crippen LogP contribution in [0.2, 0.25) is 5.15 Å². The second-order valence-electron chi connectivity index (χ2n) is 6.06. The number of hydrogen-bond donors (Lipinski definition) is 0. The Balaban J connectivity index is 1.77. The molecule has 1 aromatic heterocycles. The van der Waals surface area contributed by atoms with Gasteiger partial charge in [-0.15, -0.1) is 0 Å². The molecule has 0 saturated carbocycles. The molecule has 4 rings (SSSR count). The van der Waals surface area contributed by atoms with Crippen LogP contribution in [0.15, 0.2) is 60.7 Å². The minimum atomic E-state index is -0.482. The van der Waals surface area contributed by atoms with E-state index in [9.17, 15) is 14.9 Å². The van der Waals surface area contributed by atoms with E-state index in [2.05, 4.69) is 0 Å². The lowest BCUT2D eigenvalue weighted by molar-refractivity contribution is -0.384. The van der Waals surface area contributed by atoms with Gasteiger partial charge in [0.25, 0.3) is 11.6 Å². The van der Waals surface area contributed by atoms with Gasteiger partial charge in [0, 0.05) is 29.1 Å². The van der Waals surface area contributed by atoms with Crippen molar-refractivity contribution >= 4 is 28.9 Å². The summed E-state index contributed by atoms with van der Waals surface area (Å²) in [7, 11) is 0. The molecule has 0 bridgehead atoms. The van der Waals surface area contributed by atoms with Crippen molar-refractivity contribution in [2.45, 2.75) is 13.1 Å². The number of halogens is 1. The molecule has 0 unspecified atom stereocenters. The number of nitro groups is 1. The molecule has 7 heteroatoms. The Kier molecular flexibility index (Phi) is 3.97. The molecule has 6 nitrogen and oxygen atoms in total. The molecule has 26 heavy (non-hydrogen) atoms. The molecular weight excluding hydrogens is 354 g/mol. The number of aromatic nitrogens is 1. The van der Waals surface area contributed by atoms with Crippen LogP contribution < -0.4 is 4.90 Å². The molecule has 0 atom stereocenters. The minimum absolute atomic E-state index is 0.0431. The van der Waals surface area contributed by atoms with E-state index in [1.165, 1.54) is 24.3 Å². The highest BCUT2D eigenvalue weighted by molar-refractivity contribution is 6.29. The summed E-state index contributed by atoms with van der Waals surface area (Å²) in [6.45, 7) is 0.959. The largest absolute Gasteiger partial charge is 0.330 e. The topological polar surface area (TPSA) is 68.4 Å². The van der Waals surface area contributed by atoms with E-state index < -0.39 is 4.92 Å². The van der Waals surface area contributed by atoms with Crippen LogP contribution in [-0.2, 0) is 13.1 Å². The number of amides is 1. The molecule has 0 radical (unpaired) electrons. The highest BCUT2D eigenvalue weighted by atomic mass is 35.5. The Hall–Kier alpha value is -3.12. The average Bonchev–Trinajstić information content (AvgIpc) is 2.90. The quantitative estimate of drug-likeness (QED) is 0.502. The summed E-state index contributed by atoms with van der Waals surface area (Å²) < 4.78 is 1.98. The molecule has 1 amide bonds. The van der Waals surface area contributed by atoms with Crippen LogP contribution in [0.25, 0.3) is 0 Å². The Morgan fingerprint density at radius 1 is 1.00 bits per heavy atom. The van der Waals surface area contributed by atoms with E-state index in [0.29, 0.717) is 23.8 Å². The van der Waals surface area contributed by atoms with Gasteiger partial charge in [-0.2, -0.15) is 0 Å². The van der Waals surface area contributed by atoms with Crippen LogP contribution in [0.4, 0.5) is 11.4 Å². The first-order chi connectivity index (χ1) is 12.5. The predicted octanol–water partition coefficient (Wildman–Crippen LogP) is 4.26. The van der Waals surface area contributed by atoms with Crippen LogP contribution in [-0.4, -0.2) is 15.4 Å². The van der Waals surface area contributed by atoms with Gasteiger partial charge in [0.15, 0.2) is 0 Å². The van der Waals surface area contributed by atoms with E-state index in [1.54, 1.807) is 4.90 Å². The smallest absolute Gasteiger partial charge is 0.269 e. The number of nitro benzene ring substituents is 1. The first-order valence-corrected chi connectivity index (χ1v) is 8.40. The lowest BCUT2D eigenvalue weighted by Crippen LogP contribution is -2.30. The van der Waals surface area contributed by atoms with Gasteiger partial charge < -0.3 is 9.47 Å². The lowest BCUT2D eigenvalue weighted by Gasteiger charge is -2.22. The molecule has 1 aliphatic rings. The number of anilines is 1. The molecule has 2 aromatic carbocycles. The van der Waals surface area contributed by atoms with Gasteiger partial charge in [-0.25, -0.2) is 0 Å². The first kappa shape index (κ1) is 16.4. The van der Waals surface area contributed by atoms with E-state index in [0.717, 1.165) is 16.9 Å². The zero-order valence-electron chi connectivity index (χ0n) is 13.6. The fourth-order valence-electron chi connectivity index (χ4n) is 3.19. The lowest BCUT2D eigenvalue weighted by atomic mass is 10.1. The van der Waals surface area contributed by atoms with Crippen molar-refractivity contribution in [3.63, 3.8) is 0 Å². The Bertz CT molecular complexity index is 1010. The predicted molar refractivity (Wildman–Crippen MR) is 98.6 cm³/mol. The highest BCUT2D eigenvalue weighted by Crippen LogP contribution is 2.31. The van der Waals surface area contributed by atoms with Gasteiger partial charge in [0.05, 0.1) is 18.0 Å². The number of benzene rings is 2. The van der Waals surface area contributed by atoms with Gasteiger partial charge in [0.2, 0.25) is 0 Å². The van der Waals surface area contributed by atoms with Crippen LogP contribution in [0.3, 0.4) is 0 Å². The number of nitrogens with zero attached hydrogens (tertiary/aromatic N) is 3. The molecule has 0 aliphatic carbocycles. The maximum atomic E-state index is 13.1. The Labute approximate surface area is 154 Å². The van der Waals surface area contributed by atoms with Crippen LogP contribution >= 0.6 is 11.6 Å². The van der Waals surface area contributed by atoms with Gasteiger partial charge in [0.1, 0.15) is 5.15 Å².